The first-order valence-corrected chi connectivity index (χ1v) is 10.7. The minimum atomic E-state index is 0.189. The lowest BCUT2D eigenvalue weighted by atomic mass is 10.00. The molecule has 1 aliphatic carbocycles. The Kier molecular flexibility index (Phi) is 3.89. The van der Waals surface area contributed by atoms with E-state index in [0.717, 1.165) is 49.9 Å². The Morgan fingerprint density at radius 3 is 2.92 bits per heavy atom. The molecule has 1 fully saturated rings. The van der Waals surface area contributed by atoms with Gasteiger partial charge < -0.3 is 14.4 Å². The third-order valence-corrected chi connectivity index (χ3v) is 7.84. The smallest absolute Gasteiger partial charge is 0.320 e. The second-order valence-corrected chi connectivity index (χ2v) is 9.07. The highest BCUT2D eigenvalue weighted by atomic mass is 79.9. The van der Waals surface area contributed by atoms with E-state index >= 15 is 0 Å². The number of thiophene rings is 1. The number of amides is 2. The molecule has 0 N–H and O–H groups in total. The predicted octanol–water partition coefficient (Wildman–Crippen LogP) is 3.62. The SMILES string of the molecule is O=C(N1CCc2scc(Br)c2C1)N1CC(n2cnc3c2CCCC3)C1. The van der Waals surface area contributed by atoms with Crippen molar-refractivity contribution in [2.24, 2.45) is 0 Å². The molecule has 2 amide bonds. The van der Waals surface area contributed by atoms with Gasteiger partial charge in [0.05, 0.1) is 18.1 Å². The molecule has 0 saturated carbocycles. The Balaban J connectivity index is 1.24. The molecule has 4 heterocycles. The van der Waals surface area contributed by atoms with Crippen molar-refractivity contribution in [3.8, 4) is 0 Å². The van der Waals surface area contributed by atoms with Crippen molar-refractivity contribution < 1.29 is 4.79 Å². The average Bonchev–Trinajstić information content (AvgIpc) is 3.18. The fourth-order valence-corrected chi connectivity index (χ4v) is 5.93. The van der Waals surface area contributed by atoms with Crippen molar-refractivity contribution in [2.45, 2.75) is 44.7 Å². The Morgan fingerprint density at radius 1 is 1.20 bits per heavy atom. The second-order valence-electron chi connectivity index (χ2n) is 7.25. The minimum absolute atomic E-state index is 0.189. The van der Waals surface area contributed by atoms with Crippen molar-refractivity contribution in [3.63, 3.8) is 0 Å². The molecule has 0 bridgehead atoms. The summed E-state index contributed by atoms with van der Waals surface area (Å²) < 4.78 is 3.48. The van der Waals surface area contributed by atoms with Crippen LogP contribution in [0.15, 0.2) is 16.2 Å². The van der Waals surface area contributed by atoms with Crippen LogP contribution in [0.25, 0.3) is 0 Å². The number of hydrogen-bond donors (Lipinski definition) is 0. The van der Waals surface area contributed by atoms with Crippen LogP contribution in [0.3, 0.4) is 0 Å². The number of hydrogen-bond acceptors (Lipinski definition) is 3. The van der Waals surface area contributed by atoms with Crippen molar-refractivity contribution in [3.05, 3.63) is 38.0 Å². The number of carbonyl (C=O) groups excluding carboxylic acids is 1. The summed E-state index contributed by atoms with van der Waals surface area (Å²) >= 11 is 5.41. The summed E-state index contributed by atoms with van der Waals surface area (Å²) in [7, 11) is 0. The molecule has 0 radical (unpaired) electrons. The van der Waals surface area contributed by atoms with Gasteiger partial charge >= 0.3 is 6.03 Å². The highest BCUT2D eigenvalue weighted by Gasteiger charge is 2.37. The number of nitrogens with zero attached hydrogens (tertiary/aromatic N) is 4. The first-order valence-electron chi connectivity index (χ1n) is 9.04. The van der Waals surface area contributed by atoms with Crippen molar-refractivity contribution in [2.75, 3.05) is 19.6 Å². The van der Waals surface area contributed by atoms with Crippen LogP contribution in [0.5, 0.6) is 0 Å². The van der Waals surface area contributed by atoms with Gasteiger partial charge in [0.25, 0.3) is 0 Å². The summed E-state index contributed by atoms with van der Waals surface area (Å²) in [5, 5.41) is 2.14. The molecule has 2 aromatic rings. The molecular weight excluding hydrogens is 400 g/mol. The van der Waals surface area contributed by atoms with Gasteiger partial charge in [0.2, 0.25) is 0 Å². The topological polar surface area (TPSA) is 41.4 Å². The molecule has 1 saturated heterocycles. The zero-order valence-electron chi connectivity index (χ0n) is 14.1. The molecule has 2 aromatic heterocycles. The van der Waals surface area contributed by atoms with Gasteiger partial charge in [-0.25, -0.2) is 9.78 Å². The van der Waals surface area contributed by atoms with Crippen LogP contribution in [0.1, 0.15) is 40.7 Å². The van der Waals surface area contributed by atoms with E-state index in [1.54, 1.807) is 11.3 Å². The predicted molar refractivity (Wildman–Crippen MR) is 101 cm³/mol. The summed E-state index contributed by atoms with van der Waals surface area (Å²) in [4.78, 5) is 22.8. The second kappa shape index (κ2) is 6.13. The van der Waals surface area contributed by atoms with Crippen LogP contribution in [-0.2, 0) is 25.8 Å². The molecule has 0 atom stereocenters. The highest BCUT2D eigenvalue weighted by molar-refractivity contribution is 9.10. The zero-order valence-corrected chi connectivity index (χ0v) is 16.5. The number of rotatable bonds is 1. The number of fused-ring (bicyclic) bond motifs is 2. The molecule has 3 aliphatic rings. The molecule has 5 rings (SSSR count). The van der Waals surface area contributed by atoms with Gasteiger partial charge in [-0.05, 0) is 53.6 Å². The summed E-state index contributed by atoms with van der Waals surface area (Å²) in [5.41, 5.74) is 3.99. The zero-order chi connectivity index (χ0) is 17.0. The van der Waals surface area contributed by atoms with Crippen molar-refractivity contribution in [1.29, 1.82) is 0 Å². The summed E-state index contributed by atoms with van der Waals surface area (Å²) in [6.45, 7) is 3.20. The van der Waals surface area contributed by atoms with Gasteiger partial charge in [0.1, 0.15) is 0 Å². The Labute approximate surface area is 159 Å². The molecular formula is C18H21BrN4OS. The third kappa shape index (κ3) is 2.63. The fourth-order valence-electron chi connectivity index (χ4n) is 4.24. The quantitative estimate of drug-likeness (QED) is 0.706. The van der Waals surface area contributed by atoms with E-state index in [1.165, 1.54) is 34.7 Å². The maximum Gasteiger partial charge on any atom is 0.320 e. The number of carbonyl (C=O) groups is 1. The van der Waals surface area contributed by atoms with E-state index in [9.17, 15) is 4.79 Å². The first-order chi connectivity index (χ1) is 12.2. The standard InChI is InChI=1S/C18H21BrN4OS/c19-14-10-25-17-5-6-21(9-13(14)17)18(24)22-7-12(8-22)23-11-20-15-3-1-2-4-16(15)23/h10-12H,1-9H2. The van der Waals surface area contributed by atoms with E-state index in [2.05, 4.69) is 30.9 Å². The summed E-state index contributed by atoms with van der Waals surface area (Å²) in [5.74, 6) is 0. The van der Waals surface area contributed by atoms with Crippen LogP contribution < -0.4 is 0 Å². The van der Waals surface area contributed by atoms with Crippen LogP contribution in [0, 0.1) is 0 Å². The Bertz CT molecular complexity index is 823. The molecule has 0 aromatic carbocycles. The maximum atomic E-state index is 12.8. The molecule has 0 unspecified atom stereocenters. The number of imidazole rings is 1. The van der Waals surface area contributed by atoms with Gasteiger partial charge in [-0.1, -0.05) is 0 Å². The van der Waals surface area contributed by atoms with Crippen molar-refractivity contribution in [1.82, 2.24) is 19.4 Å². The lowest BCUT2D eigenvalue weighted by Crippen LogP contribution is -2.56. The van der Waals surface area contributed by atoms with Gasteiger partial charge in [0, 0.05) is 46.6 Å². The van der Waals surface area contributed by atoms with Crippen LogP contribution in [0.4, 0.5) is 4.79 Å². The largest absolute Gasteiger partial charge is 0.328 e. The number of halogens is 1. The Hall–Kier alpha value is -1.34. The number of aryl methyl sites for hydroxylation is 1. The van der Waals surface area contributed by atoms with Crippen LogP contribution in [-0.4, -0.2) is 45.0 Å². The average molecular weight is 421 g/mol. The van der Waals surface area contributed by atoms with Crippen molar-refractivity contribution >= 4 is 33.3 Å². The summed E-state index contributed by atoms with van der Waals surface area (Å²) in [6.07, 6.45) is 7.75. The first kappa shape index (κ1) is 15.9. The van der Waals surface area contributed by atoms with E-state index in [0.29, 0.717) is 6.04 Å². The molecule has 5 nitrogen and oxygen atoms in total. The minimum Gasteiger partial charge on any atom is -0.328 e. The molecule has 0 spiro atoms. The van der Waals surface area contributed by atoms with E-state index in [1.807, 2.05) is 16.1 Å². The van der Waals surface area contributed by atoms with Gasteiger partial charge in [-0.3, -0.25) is 0 Å². The fraction of sp³-hybridized carbons (Fsp3) is 0.556. The number of likely N-dealkylation sites (tertiary alicyclic amines) is 1. The van der Waals surface area contributed by atoms with E-state index in [4.69, 9.17) is 0 Å². The Morgan fingerprint density at radius 2 is 2.04 bits per heavy atom. The lowest BCUT2D eigenvalue weighted by molar-refractivity contribution is 0.0897. The maximum absolute atomic E-state index is 12.8. The number of aromatic nitrogens is 2. The molecule has 7 heteroatoms. The van der Waals surface area contributed by atoms with Crippen LogP contribution in [0.2, 0.25) is 0 Å². The lowest BCUT2D eigenvalue weighted by Gasteiger charge is -2.43. The van der Waals surface area contributed by atoms with Gasteiger partial charge in [-0.2, -0.15) is 0 Å². The monoisotopic (exact) mass is 420 g/mol. The molecule has 25 heavy (non-hydrogen) atoms. The van der Waals surface area contributed by atoms with Gasteiger partial charge in [-0.15, -0.1) is 11.3 Å². The molecule has 132 valence electrons. The summed E-state index contributed by atoms with van der Waals surface area (Å²) in [6, 6.07) is 0.598. The number of urea groups is 1. The molecule has 2 aliphatic heterocycles. The van der Waals surface area contributed by atoms with Gasteiger partial charge in [0.15, 0.2) is 0 Å². The van der Waals surface area contributed by atoms with E-state index in [-0.39, 0.29) is 6.03 Å². The van der Waals surface area contributed by atoms with E-state index < -0.39 is 0 Å². The third-order valence-electron chi connectivity index (χ3n) is 5.74. The normalized spacial score (nSPS) is 20.2. The highest BCUT2D eigenvalue weighted by Crippen LogP contribution is 2.34. The van der Waals surface area contributed by atoms with Crippen LogP contribution >= 0.6 is 27.3 Å².